The zero-order chi connectivity index (χ0) is 13.7. The quantitative estimate of drug-likeness (QED) is 0.916. The van der Waals surface area contributed by atoms with Crippen LogP contribution >= 0.6 is 11.3 Å². The molecule has 1 aromatic carbocycles. The van der Waals surface area contributed by atoms with Gasteiger partial charge in [-0.2, -0.15) is 0 Å². The molecule has 0 fully saturated rings. The fraction of sp³-hybridized carbons (Fsp3) is 0.231. The van der Waals surface area contributed by atoms with E-state index in [1.165, 1.54) is 23.5 Å². The van der Waals surface area contributed by atoms with E-state index in [1.54, 1.807) is 17.5 Å². The summed E-state index contributed by atoms with van der Waals surface area (Å²) in [6.45, 7) is 2.62. The van der Waals surface area contributed by atoms with Crippen molar-refractivity contribution in [2.45, 2.75) is 13.5 Å². The fourth-order valence-corrected chi connectivity index (χ4v) is 2.12. The highest BCUT2D eigenvalue weighted by molar-refractivity contribution is 7.09. The first kappa shape index (κ1) is 13.5. The van der Waals surface area contributed by atoms with Gasteiger partial charge in [0.2, 0.25) is 0 Å². The van der Waals surface area contributed by atoms with Crippen LogP contribution in [0.3, 0.4) is 0 Å². The number of aromatic nitrogens is 1. The highest BCUT2D eigenvalue weighted by atomic mass is 32.1. The van der Waals surface area contributed by atoms with Crippen LogP contribution in [0, 0.1) is 5.82 Å². The van der Waals surface area contributed by atoms with Gasteiger partial charge in [0, 0.05) is 18.0 Å². The molecule has 1 aromatic heterocycles. The molecule has 0 bridgehead atoms. The molecule has 0 saturated carbocycles. The van der Waals surface area contributed by atoms with Crippen LogP contribution in [-0.4, -0.2) is 17.4 Å². The highest BCUT2D eigenvalue weighted by Gasteiger charge is 2.09. The van der Waals surface area contributed by atoms with Gasteiger partial charge in [0.1, 0.15) is 28.9 Å². The van der Waals surface area contributed by atoms with E-state index in [-0.39, 0.29) is 18.3 Å². The standard InChI is InChI=1S/C13H13FN2O2S/c1-2-15-13(17)11-8-19-12(16-11)7-18-10-5-3-4-9(14)6-10/h3-6,8H,2,7H2,1H3,(H,15,17). The summed E-state index contributed by atoms with van der Waals surface area (Å²) in [5.74, 6) is -0.106. The van der Waals surface area contributed by atoms with Gasteiger partial charge in [0.05, 0.1) is 0 Å². The van der Waals surface area contributed by atoms with Gasteiger partial charge in [-0.25, -0.2) is 9.37 Å². The monoisotopic (exact) mass is 280 g/mol. The number of thiazole rings is 1. The number of halogens is 1. The second-order valence-electron chi connectivity index (χ2n) is 3.73. The van der Waals surface area contributed by atoms with Crippen molar-refractivity contribution in [2.24, 2.45) is 0 Å². The topological polar surface area (TPSA) is 51.2 Å². The third-order valence-corrected chi connectivity index (χ3v) is 3.10. The molecule has 100 valence electrons. The van der Waals surface area contributed by atoms with Crippen LogP contribution in [0.2, 0.25) is 0 Å². The van der Waals surface area contributed by atoms with E-state index in [1.807, 2.05) is 6.92 Å². The first-order chi connectivity index (χ1) is 9.19. The molecule has 4 nitrogen and oxygen atoms in total. The summed E-state index contributed by atoms with van der Waals surface area (Å²) in [4.78, 5) is 15.7. The Labute approximate surface area is 114 Å². The van der Waals surface area contributed by atoms with Crippen molar-refractivity contribution in [3.8, 4) is 5.75 Å². The number of ether oxygens (including phenoxy) is 1. The van der Waals surface area contributed by atoms with Crippen LogP contribution in [-0.2, 0) is 6.61 Å². The normalized spacial score (nSPS) is 10.2. The van der Waals surface area contributed by atoms with Gasteiger partial charge in [-0.15, -0.1) is 11.3 Å². The lowest BCUT2D eigenvalue weighted by Crippen LogP contribution is -2.22. The second-order valence-corrected chi connectivity index (χ2v) is 4.67. The summed E-state index contributed by atoms with van der Waals surface area (Å²) in [5.41, 5.74) is 0.379. The van der Waals surface area contributed by atoms with E-state index in [0.717, 1.165) is 0 Å². The van der Waals surface area contributed by atoms with Gasteiger partial charge in [-0.1, -0.05) is 6.07 Å². The first-order valence-electron chi connectivity index (χ1n) is 5.80. The average molecular weight is 280 g/mol. The van der Waals surface area contributed by atoms with Crippen molar-refractivity contribution in [3.05, 3.63) is 46.2 Å². The van der Waals surface area contributed by atoms with Crippen molar-refractivity contribution in [1.82, 2.24) is 10.3 Å². The minimum atomic E-state index is -0.348. The zero-order valence-electron chi connectivity index (χ0n) is 10.4. The number of carbonyl (C=O) groups excluding carboxylic acids is 1. The van der Waals surface area contributed by atoms with E-state index in [2.05, 4.69) is 10.3 Å². The molecule has 1 N–H and O–H groups in total. The van der Waals surface area contributed by atoms with Crippen LogP contribution in [0.15, 0.2) is 29.6 Å². The Kier molecular flexibility index (Phi) is 4.46. The van der Waals surface area contributed by atoms with Gasteiger partial charge in [0.15, 0.2) is 0 Å². The van der Waals surface area contributed by atoms with E-state index in [9.17, 15) is 9.18 Å². The number of benzene rings is 1. The summed E-state index contributed by atoms with van der Waals surface area (Å²) in [6, 6.07) is 5.90. The Balaban J connectivity index is 1.95. The van der Waals surface area contributed by atoms with Crippen LogP contribution in [0.4, 0.5) is 4.39 Å². The molecule has 0 aliphatic heterocycles. The maximum atomic E-state index is 12.9. The molecular weight excluding hydrogens is 267 g/mol. The third-order valence-electron chi connectivity index (χ3n) is 2.28. The summed E-state index contributed by atoms with van der Waals surface area (Å²) < 4.78 is 18.3. The Bertz CT molecular complexity index is 571. The average Bonchev–Trinajstić information content (AvgIpc) is 2.86. The van der Waals surface area contributed by atoms with Crippen LogP contribution in [0.25, 0.3) is 0 Å². The summed E-state index contributed by atoms with van der Waals surface area (Å²) in [5, 5.41) is 5.02. The molecule has 2 aromatic rings. The Morgan fingerprint density at radius 3 is 3.11 bits per heavy atom. The van der Waals surface area contributed by atoms with E-state index in [4.69, 9.17) is 4.74 Å². The Morgan fingerprint density at radius 2 is 2.37 bits per heavy atom. The largest absolute Gasteiger partial charge is 0.486 e. The Morgan fingerprint density at radius 1 is 1.53 bits per heavy atom. The smallest absolute Gasteiger partial charge is 0.270 e. The van der Waals surface area contributed by atoms with Gasteiger partial charge >= 0.3 is 0 Å². The molecule has 1 amide bonds. The third kappa shape index (κ3) is 3.75. The summed E-state index contributed by atoms with van der Waals surface area (Å²) in [6.07, 6.45) is 0. The molecule has 0 aliphatic carbocycles. The maximum absolute atomic E-state index is 12.9. The van der Waals surface area contributed by atoms with Gasteiger partial charge in [-0.05, 0) is 19.1 Å². The van der Waals surface area contributed by atoms with E-state index < -0.39 is 0 Å². The van der Waals surface area contributed by atoms with Crippen molar-refractivity contribution in [2.75, 3.05) is 6.54 Å². The number of nitrogens with one attached hydrogen (secondary N) is 1. The second kappa shape index (κ2) is 6.29. The number of hydrogen-bond donors (Lipinski definition) is 1. The summed E-state index contributed by atoms with van der Waals surface area (Å²) >= 11 is 1.34. The molecule has 0 aliphatic rings. The van der Waals surface area contributed by atoms with Crippen molar-refractivity contribution in [1.29, 1.82) is 0 Å². The lowest BCUT2D eigenvalue weighted by molar-refractivity contribution is 0.0951. The Hall–Kier alpha value is -1.95. The number of rotatable bonds is 5. The van der Waals surface area contributed by atoms with Crippen molar-refractivity contribution in [3.63, 3.8) is 0 Å². The highest BCUT2D eigenvalue weighted by Crippen LogP contribution is 2.16. The maximum Gasteiger partial charge on any atom is 0.270 e. The van der Waals surface area contributed by atoms with E-state index >= 15 is 0 Å². The minimum absolute atomic E-state index is 0.198. The molecular formula is C13H13FN2O2S. The van der Waals surface area contributed by atoms with Crippen molar-refractivity contribution >= 4 is 17.2 Å². The fourth-order valence-electron chi connectivity index (χ4n) is 1.43. The molecule has 0 unspecified atom stereocenters. The molecule has 19 heavy (non-hydrogen) atoms. The van der Waals surface area contributed by atoms with Crippen LogP contribution in [0.5, 0.6) is 5.75 Å². The SMILES string of the molecule is CCNC(=O)c1csc(COc2cccc(F)c2)n1. The molecule has 0 saturated heterocycles. The minimum Gasteiger partial charge on any atom is -0.486 e. The molecule has 1 heterocycles. The lowest BCUT2D eigenvalue weighted by Gasteiger charge is -2.03. The van der Waals surface area contributed by atoms with E-state index in [0.29, 0.717) is 23.0 Å². The van der Waals surface area contributed by atoms with Gasteiger partial charge in [0.25, 0.3) is 5.91 Å². The number of carbonyl (C=O) groups is 1. The molecule has 0 radical (unpaired) electrons. The molecule has 2 rings (SSSR count). The van der Waals surface area contributed by atoms with Gasteiger partial charge in [-0.3, -0.25) is 4.79 Å². The van der Waals surface area contributed by atoms with Crippen molar-refractivity contribution < 1.29 is 13.9 Å². The number of nitrogens with zero attached hydrogens (tertiary/aromatic N) is 1. The number of hydrogen-bond acceptors (Lipinski definition) is 4. The van der Waals surface area contributed by atoms with Gasteiger partial charge < -0.3 is 10.1 Å². The number of amides is 1. The molecule has 0 spiro atoms. The predicted molar refractivity (Wildman–Crippen MR) is 70.9 cm³/mol. The van der Waals surface area contributed by atoms with Crippen LogP contribution < -0.4 is 10.1 Å². The molecule has 6 heteroatoms. The molecule has 0 atom stereocenters. The first-order valence-corrected chi connectivity index (χ1v) is 6.68. The van der Waals surface area contributed by atoms with Crippen LogP contribution in [0.1, 0.15) is 22.4 Å². The summed E-state index contributed by atoms with van der Waals surface area (Å²) in [7, 11) is 0. The predicted octanol–water partition coefficient (Wildman–Crippen LogP) is 2.61. The lowest BCUT2D eigenvalue weighted by atomic mass is 10.3. The zero-order valence-corrected chi connectivity index (χ0v) is 11.2.